The molecule has 150 valence electrons. The number of aryl methyl sites for hydroxylation is 1. The highest BCUT2D eigenvalue weighted by molar-refractivity contribution is 6.07. The number of halogens is 1. The molecule has 0 bridgehead atoms. The van der Waals surface area contributed by atoms with Gasteiger partial charge in [0, 0.05) is 31.6 Å². The first-order valence-electron chi connectivity index (χ1n) is 9.62. The first-order chi connectivity index (χ1) is 14.0. The van der Waals surface area contributed by atoms with Crippen molar-refractivity contribution in [2.75, 3.05) is 19.6 Å². The van der Waals surface area contributed by atoms with E-state index in [0.29, 0.717) is 27.9 Å². The van der Waals surface area contributed by atoms with Crippen molar-refractivity contribution in [3.8, 4) is 11.3 Å². The zero-order chi connectivity index (χ0) is 20.4. The molecule has 1 saturated heterocycles. The molecule has 0 unspecified atom stereocenters. The molecule has 0 atom stereocenters. The van der Waals surface area contributed by atoms with Gasteiger partial charge < -0.3 is 14.7 Å². The summed E-state index contributed by atoms with van der Waals surface area (Å²) < 4.78 is 18.5. The lowest BCUT2D eigenvalue weighted by molar-refractivity contribution is -0.129. The standard InChI is InChI=1S/C21H21FN4O3/c1-13-19-16(20(28)23-9-8-18(27)26-10-2-3-11-26)12-17(24-21(19)29-25-13)14-4-6-15(22)7-5-14/h4-7,12H,2-3,8-11H2,1H3,(H,23,28). The fraction of sp³-hybridized carbons (Fsp3) is 0.333. The Kier molecular flexibility index (Phi) is 5.24. The van der Waals surface area contributed by atoms with E-state index in [1.54, 1.807) is 25.1 Å². The number of benzene rings is 1. The Morgan fingerprint density at radius 1 is 1.21 bits per heavy atom. The number of carbonyl (C=O) groups is 2. The molecule has 3 aromatic rings. The van der Waals surface area contributed by atoms with E-state index in [1.165, 1.54) is 12.1 Å². The summed E-state index contributed by atoms with van der Waals surface area (Å²) in [6.45, 7) is 3.56. The normalized spacial score (nSPS) is 13.8. The van der Waals surface area contributed by atoms with Gasteiger partial charge in [0.05, 0.1) is 22.3 Å². The Balaban J connectivity index is 1.56. The number of aromatic nitrogens is 2. The van der Waals surface area contributed by atoms with E-state index >= 15 is 0 Å². The average Bonchev–Trinajstić information content (AvgIpc) is 3.38. The van der Waals surface area contributed by atoms with E-state index in [9.17, 15) is 14.0 Å². The molecule has 1 aliphatic heterocycles. The van der Waals surface area contributed by atoms with Crippen LogP contribution < -0.4 is 5.32 Å². The fourth-order valence-corrected chi connectivity index (χ4v) is 3.55. The van der Waals surface area contributed by atoms with Crippen LogP contribution in [0.1, 0.15) is 35.3 Å². The van der Waals surface area contributed by atoms with Crippen LogP contribution in [0.25, 0.3) is 22.4 Å². The smallest absolute Gasteiger partial charge is 0.259 e. The number of likely N-dealkylation sites (tertiary alicyclic amines) is 1. The highest BCUT2D eigenvalue weighted by Crippen LogP contribution is 2.27. The van der Waals surface area contributed by atoms with Crippen LogP contribution in [-0.4, -0.2) is 46.5 Å². The van der Waals surface area contributed by atoms with E-state index in [4.69, 9.17) is 4.52 Å². The van der Waals surface area contributed by atoms with Crippen LogP contribution in [0.15, 0.2) is 34.9 Å². The van der Waals surface area contributed by atoms with Gasteiger partial charge in [0.2, 0.25) is 5.91 Å². The zero-order valence-electron chi connectivity index (χ0n) is 16.1. The molecule has 2 aromatic heterocycles. The van der Waals surface area contributed by atoms with Gasteiger partial charge in [-0.1, -0.05) is 5.16 Å². The summed E-state index contributed by atoms with van der Waals surface area (Å²) in [5.74, 6) is -0.636. The van der Waals surface area contributed by atoms with Crippen molar-refractivity contribution < 1.29 is 18.5 Å². The first kappa shape index (κ1) is 19.0. The minimum atomic E-state index is -0.356. The molecule has 2 amide bonds. The molecule has 1 N–H and O–H groups in total. The Hall–Kier alpha value is -3.29. The molecule has 4 rings (SSSR count). The predicted molar refractivity (Wildman–Crippen MR) is 105 cm³/mol. The van der Waals surface area contributed by atoms with Crippen LogP contribution in [0.5, 0.6) is 0 Å². The molecule has 0 aliphatic carbocycles. The Labute approximate surface area is 166 Å². The summed E-state index contributed by atoms with van der Waals surface area (Å²) in [4.78, 5) is 31.3. The predicted octanol–water partition coefficient (Wildman–Crippen LogP) is 3.08. The fourth-order valence-electron chi connectivity index (χ4n) is 3.55. The van der Waals surface area contributed by atoms with Gasteiger partial charge in [-0.2, -0.15) is 0 Å². The summed E-state index contributed by atoms with van der Waals surface area (Å²) in [5.41, 5.74) is 2.29. The summed E-state index contributed by atoms with van der Waals surface area (Å²) in [5, 5.41) is 7.24. The van der Waals surface area contributed by atoms with Crippen LogP contribution in [-0.2, 0) is 4.79 Å². The van der Waals surface area contributed by atoms with Gasteiger partial charge >= 0.3 is 0 Å². The average molecular weight is 396 g/mol. The third-order valence-corrected chi connectivity index (χ3v) is 5.08. The molecule has 0 spiro atoms. The summed E-state index contributed by atoms with van der Waals surface area (Å²) >= 11 is 0. The number of pyridine rings is 1. The highest BCUT2D eigenvalue weighted by Gasteiger charge is 2.21. The van der Waals surface area contributed by atoms with Gasteiger partial charge in [0.25, 0.3) is 11.6 Å². The molecule has 1 aliphatic rings. The molecule has 8 heteroatoms. The maximum Gasteiger partial charge on any atom is 0.259 e. The topological polar surface area (TPSA) is 88.3 Å². The van der Waals surface area contributed by atoms with Crippen molar-refractivity contribution in [1.29, 1.82) is 0 Å². The lowest BCUT2D eigenvalue weighted by Gasteiger charge is -2.15. The van der Waals surface area contributed by atoms with Gasteiger partial charge in [0.15, 0.2) is 0 Å². The van der Waals surface area contributed by atoms with Crippen LogP contribution in [0.3, 0.4) is 0 Å². The second-order valence-corrected chi connectivity index (χ2v) is 7.10. The van der Waals surface area contributed by atoms with Gasteiger partial charge in [-0.15, -0.1) is 0 Å². The molecular formula is C21H21FN4O3. The SMILES string of the molecule is Cc1noc2nc(-c3ccc(F)cc3)cc(C(=O)NCCC(=O)N3CCCC3)c12. The van der Waals surface area contributed by atoms with Crippen molar-refractivity contribution >= 4 is 22.9 Å². The van der Waals surface area contributed by atoms with E-state index in [-0.39, 0.29) is 36.3 Å². The number of nitrogens with one attached hydrogen (secondary N) is 1. The van der Waals surface area contributed by atoms with Gasteiger partial charge in [-0.3, -0.25) is 9.59 Å². The number of rotatable bonds is 5. The number of nitrogens with zero attached hydrogens (tertiary/aromatic N) is 3. The van der Waals surface area contributed by atoms with Crippen LogP contribution in [0, 0.1) is 12.7 Å². The second-order valence-electron chi connectivity index (χ2n) is 7.10. The Bertz CT molecular complexity index is 1060. The van der Waals surface area contributed by atoms with E-state index in [1.807, 2.05) is 4.90 Å². The van der Waals surface area contributed by atoms with Crippen molar-refractivity contribution in [3.05, 3.63) is 47.4 Å². The number of hydrogen-bond acceptors (Lipinski definition) is 5. The number of amides is 2. The number of carbonyl (C=O) groups excluding carboxylic acids is 2. The quantitative estimate of drug-likeness (QED) is 0.716. The Morgan fingerprint density at radius 3 is 2.66 bits per heavy atom. The second kappa shape index (κ2) is 7.98. The number of fused-ring (bicyclic) bond motifs is 1. The van der Waals surface area contributed by atoms with Crippen molar-refractivity contribution in [2.24, 2.45) is 0 Å². The van der Waals surface area contributed by atoms with Crippen molar-refractivity contribution in [1.82, 2.24) is 20.4 Å². The van der Waals surface area contributed by atoms with E-state index in [2.05, 4.69) is 15.5 Å². The number of hydrogen-bond donors (Lipinski definition) is 1. The van der Waals surface area contributed by atoms with Crippen molar-refractivity contribution in [3.63, 3.8) is 0 Å². The van der Waals surface area contributed by atoms with Crippen LogP contribution in [0.2, 0.25) is 0 Å². The van der Waals surface area contributed by atoms with Crippen LogP contribution >= 0.6 is 0 Å². The maximum absolute atomic E-state index is 13.2. The maximum atomic E-state index is 13.2. The summed E-state index contributed by atoms with van der Waals surface area (Å²) in [6.07, 6.45) is 2.32. The van der Waals surface area contributed by atoms with Gasteiger partial charge in [-0.25, -0.2) is 9.37 Å². The van der Waals surface area contributed by atoms with E-state index < -0.39 is 0 Å². The molecule has 0 radical (unpaired) electrons. The van der Waals surface area contributed by atoms with Crippen molar-refractivity contribution in [2.45, 2.75) is 26.2 Å². The Morgan fingerprint density at radius 2 is 1.93 bits per heavy atom. The monoisotopic (exact) mass is 396 g/mol. The molecule has 0 saturated carbocycles. The lowest BCUT2D eigenvalue weighted by Crippen LogP contribution is -2.32. The third kappa shape index (κ3) is 3.96. The minimum Gasteiger partial charge on any atom is -0.351 e. The lowest BCUT2D eigenvalue weighted by atomic mass is 10.0. The molecular weight excluding hydrogens is 375 g/mol. The van der Waals surface area contributed by atoms with E-state index in [0.717, 1.165) is 25.9 Å². The molecule has 7 nitrogen and oxygen atoms in total. The molecule has 1 fully saturated rings. The largest absolute Gasteiger partial charge is 0.351 e. The highest BCUT2D eigenvalue weighted by atomic mass is 19.1. The minimum absolute atomic E-state index is 0.0517. The molecule has 29 heavy (non-hydrogen) atoms. The zero-order valence-corrected chi connectivity index (χ0v) is 16.1. The molecule has 1 aromatic carbocycles. The summed E-state index contributed by atoms with van der Waals surface area (Å²) in [6, 6.07) is 7.47. The van der Waals surface area contributed by atoms with Crippen LogP contribution in [0.4, 0.5) is 4.39 Å². The summed E-state index contributed by atoms with van der Waals surface area (Å²) in [7, 11) is 0. The third-order valence-electron chi connectivity index (χ3n) is 5.08. The molecule has 3 heterocycles. The van der Waals surface area contributed by atoms with Gasteiger partial charge in [0.1, 0.15) is 5.82 Å². The first-order valence-corrected chi connectivity index (χ1v) is 9.62. The van der Waals surface area contributed by atoms with Gasteiger partial charge in [-0.05, 0) is 50.1 Å².